The number of hydrogen-bond donors (Lipinski definition) is 1. The number of hydrogen-bond acceptors (Lipinski definition) is 4. The largest absolute Gasteiger partial charge is 0.381 e. The van der Waals surface area contributed by atoms with Crippen LogP contribution in [0.3, 0.4) is 0 Å². The minimum atomic E-state index is 0.199. The summed E-state index contributed by atoms with van der Waals surface area (Å²) in [6, 6.07) is 11.0. The maximum Gasteiger partial charge on any atom is 0.124 e. The molecule has 0 bridgehead atoms. The van der Waals surface area contributed by atoms with Gasteiger partial charge in [0.05, 0.1) is 18.2 Å². The van der Waals surface area contributed by atoms with E-state index in [1.807, 2.05) is 6.07 Å². The number of rotatable bonds is 4. The average Bonchev–Trinajstić information content (AvgIpc) is 2.88. The quantitative estimate of drug-likeness (QED) is 0.916. The van der Waals surface area contributed by atoms with Gasteiger partial charge in [-0.25, -0.2) is 0 Å². The van der Waals surface area contributed by atoms with Crippen molar-refractivity contribution in [3.05, 3.63) is 35.9 Å². The molecule has 2 aliphatic rings. The normalized spacial score (nSPS) is 27.1. The second-order valence-corrected chi connectivity index (χ2v) is 5.49. The van der Waals surface area contributed by atoms with Crippen LogP contribution in [-0.4, -0.2) is 37.8 Å². The number of benzene rings is 1. The van der Waals surface area contributed by atoms with Gasteiger partial charge in [0.25, 0.3) is 0 Å². The lowest BCUT2D eigenvalue weighted by atomic mass is 10.0. The first-order valence-electron chi connectivity index (χ1n) is 7.40. The molecule has 4 nitrogen and oxygen atoms in total. The van der Waals surface area contributed by atoms with Crippen molar-refractivity contribution < 1.29 is 9.47 Å². The molecule has 20 heavy (non-hydrogen) atoms. The molecule has 0 saturated carbocycles. The Morgan fingerprint density at radius 1 is 1.25 bits per heavy atom. The predicted octanol–water partition coefficient (Wildman–Crippen LogP) is 2.31. The van der Waals surface area contributed by atoms with Gasteiger partial charge in [0, 0.05) is 13.2 Å². The van der Waals surface area contributed by atoms with E-state index in [9.17, 15) is 0 Å². The highest BCUT2D eigenvalue weighted by Gasteiger charge is 2.26. The van der Waals surface area contributed by atoms with Gasteiger partial charge in [0.2, 0.25) is 0 Å². The molecule has 2 aliphatic heterocycles. The molecule has 0 spiro atoms. The third kappa shape index (κ3) is 3.19. The van der Waals surface area contributed by atoms with Crippen molar-refractivity contribution in [2.75, 3.05) is 19.8 Å². The van der Waals surface area contributed by atoms with Crippen LogP contribution in [0.1, 0.15) is 31.4 Å². The molecule has 2 heterocycles. The Labute approximate surface area is 120 Å². The Morgan fingerprint density at radius 2 is 2.00 bits per heavy atom. The molecule has 0 radical (unpaired) electrons. The molecular formula is C16H22N2O2. The lowest BCUT2D eigenvalue weighted by Crippen LogP contribution is -2.33. The van der Waals surface area contributed by atoms with Crippen LogP contribution in [0.25, 0.3) is 0 Å². The molecule has 3 rings (SSSR count). The highest BCUT2D eigenvalue weighted by Crippen LogP contribution is 2.25. The molecule has 0 amide bonds. The molecule has 108 valence electrons. The Kier molecular flexibility index (Phi) is 4.33. The molecule has 2 atom stereocenters. The van der Waals surface area contributed by atoms with Crippen molar-refractivity contribution in [1.82, 2.24) is 5.32 Å². The van der Waals surface area contributed by atoms with Crippen molar-refractivity contribution in [1.29, 1.82) is 0 Å². The smallest absolute Gasteiger partial charge is 0.124 e. The van der Waals surface area contributed by atoms with Gasteiger partial charge >= 0.3 is 0 Å². The lowest BCUT2D eigenvalue weighted by molar-refractivity contribution is -0.0193. The Hall–Kier alpha value is -1.39. The standard InChI is InChI=1S/C16H22N2O2/c1-12-16(13-5-3-2-4-6-13)18-15(17-12)11-20-14-7-9-19-10-8-14/h2-6,12,14,16H,7-11H2,1H3,(H,17,18)/t12-,16-/m0/s1. The van der Waals surface area contributed by atoms with Crippen LogP contribution in [0.2, 0.25) is 0 Å². The molecule has 1 aromatic rings. The SMILES string of the molecule is C[C@@H]1NC(COC2CCOCC2)=N[C@@H]1c1ccccc1. The van der Waals surface area contributed by atoms with Crippen molar-refractivity contribution in [2.24, 2.45) is 4.99 Å². The summed E-state index contributed by atoms with van der Waals surface area (Å²) in [6.07, 6.45) is 2.30. The second kappa shape index (κ2) is 6.37. The molecule has 1 fully saturated rings. The van der Waals surface area contributed by atoms with Crippen LogP contribution in [0, 0.1) is 0 Å². The zero-order chi connectivity index (χ0) is 13.8. The van der Waals surface area contributed by atoms with Crippen molar-refractivity contribution >= 4 is 5.84 Å². The third-order valence-corrected chi connectivity index (χ3v) is 3.93. The summed E-state index contributed by atoms with van der Waals surface area (Å²) in [7, 11) is 0. The third-order valence-electron chi connectivity index (χ3n) is 3.93. The van der Waals surface area contributed by atoms with Gasteiger partial charge in [-0.3, -0.25) is 4.99 Å². The van der Waals surface area contributed by atoms with Crippen molar-refractivity contribution in [3.63, 3.8) is 0 Å². The molecule has 1 aromatic carbocycles. The fourth-order valence-electron chi connectivity index (χ4n) is 2.79. The van der Waals surface area contributed by atoms with Gasteiger partial charge in [0.15, 0.2) is 0 Å². The summed E-state index contributed by atoms with van der Waals surface area (Å²) in [5.74, 6) is 0.970. The fraction of sp³-hybridized carbons (Fsp3) is 0.562. The number of aliphatic imine (C=N–C) groups is 1. The number of nitrogens with one attached hydrogen (secondary N) is 1. The van der Waals surface area contributed by atoms with Crippen molar-refractivity contribution in [2.45, 2.75) is 38.0 Å². The molecule has 4 heteroatoms. The summed E-state index contributed by atoms with van der Waals surface area (Å²) in [4.78, 5) is 4.77. The van der Waals surface area contributed by atoms with E-state index in [-0.39, 0.29) is 6.04 Å². The molecule has 1 saturated heterocycles. The predicted molar refractivity (Wildman–Crippen MR) is 79.0 cm³/mol. The molecule has 0 aromatic heterocycles. The molecule has 1 N–H and O–H groups in total. The number of amidine groups is 1. The van der Waals surface area contributed by atoms with E-state index in [0.29, 0.717) is 18.8 Å². The van der Waals surface area contributed by atoms with Crippen LogP contribution in [0.15, 0.2) is 35.3 Å². The molecular weight excluding hydrogens is 252 g/mol. The highest BCUT2D eigenvalue weighted by atomic mass is 16.5. The van der Waals surface area contributed by atoms with Gasteiger partial charge in [0.1, 0.15) is 12.4 Å². The summed E-state index contributed by atoms with van der Waals surface area (Å²) in [6.45, 7) is 4.38. The van der Waals surface area contributed by atoms with E-state index < -0.39 is 0 Å². The van der Waals surface area contributed by atoms with E-state index in [4.69, 9.17) is 14.5 Å². The first kappa shape index (κ1) is 13.6. The van der Waals surface area contributed by atoms with Crippen LogP contribution in [0.5, 0.6) is 0 Å². The highest BCUT2D eigenvalue weighted by molar-refractivity contribution is 5.85. The summed E-state index contributed by atoms with van der Waals surface area (Å²) in [5, 5.41) is 3.44. The maximum atomic E-state index is 5.93. The number of nitrogens with zero attached hydrogens (tertiary/aromatic N) is 1. The van der Waals surface area contributed by atoms with E-state index >= 15 is 0 Å². The average molecular weight is 274 g/mol. The van der Waals surface area contributed by atoms with Gasteiger partial charge < -0.3 is 14.8 Å². The van der Waals surface area contributed by atoms with Crippen molar-refractivity contribution in [3.8, 4) is 0 Å². The second-order valence-electron chi connectivity index (χ2n) is 5.49. The van der Waals surface area contributed by atoms with Gasteiger partial charge in [-0.05, 0) is 25.3 Å². The topological polar surface area (TPSA) is 42.8 Å². The zero-order valence-electron chi connectivity index (χ0n) is 11.9. The van der Waals surface area contributed by atoms with Gasteiger partial charge in [-0.2, -0.15) is 0 Å². The minimum Gasteiger partial charge on any atom is -0.381 e. The first-order valence-corrected chi connectivity index (χ1v) is 7.40. The molecule has 0 unspecified atom stereocenters. The zero-order valence-corrected chi connectivity index (χ0v) is 11.9. The van der Waals surface area contributed by atoms with E-state index in [1.54, 1.807) is 0 Å². The lowest BCUT2D eigenvalue weighted by Gasteiger charge is -2.22. The summed E-state index contributed by atoms with van der Waals surface area (Å²) < 4.78 is 11.3. The monoisotopic (exact) mass is 274 g/mol. The Balaban J connectivity index is 1.57. The Bertz CT molecular complexity index is 455. The van der Waals surface area contributed by atoms with E-state index in [2.05, 4.69) is 36.5 Å². The van der Waals surface area contributed by atoms with Crippen LogP contribution < -0.4 is 5.32 Å². The van der Waals surface area contributed by atoms with Crippen LogP contribution >= 0.6 is 0 Å². The summed E-state index contributed by atoms with van der Waals surface area (Å²) >= 11 is 0. The number of ether oxygens (including phenoxy) is 2. The van der Waals surface area contributed by atoms with Gasteiger partial charge in [-0.1, -0.05) is 30.3 Å². The fourth-order valence-corrected chi connectivity index (χ4v) is 2.79. The van der Waals surface area contributed by atoms with E-state index in [0.717, 1.165) is 31.9 Å². The Morgan fingerprint density at radius 3 is 2.75 bits per heavy atom. The summed E-state index contributed by atoms with van der Waals surface area (Å²) in [5.41, 5.74) is 1.26. The minimum absolute atomic E-state index is 0.199. The van der Waals surface area contributed by atoms with E-state index in [1.165, 1.54) is 5.56 Å². The maximum absolute atomic E-state index is 5.93. The van der Waals surface area contributed by atoms with Gasteiger partial charge in [-0.15, -0.1) is 0 Å². The van der Waals surface area contributed by atoms with Crippen LogP contribution in [0.4, 0.5) is 0 Å². The molecule has 0 aliphatic carbocycles. The van der Waals surface area contributed by atoms with Crippen LogP contribution in [-0.2, 0) is 9.47 Å². The first-order chi connectivity index (χ1) is 9.83.